The number of nitrogens with one attached hydrogen (secondary N) is 1. The number of anilines is 1. The summed E-state index contributed by atoms with van der Waals surface area (Å²) >= 11 is 0. The van der Waals surface area contributed by atoms with Crippen LogP contribution in [0.3, 0.4) is 0 Å². The molecule has 0 saturated heterocycles. The number of benzene rings is 2. The van der Waals surface area contributed by atoms with Crippen LogP contribution in [0, 0.1) is 12.7 Å². The predicted octanol–water partition coefficient (Wildman–Crippen LogP) is 3.47. The summed E-state index contributed by atoms with van der Waals surface area (Å²) in [4.78, 5) is 11.8. The lowest BCUT2D eigenvalue weighted by Crippen LogP contribution is -2.17. The summed E-state index contributed by atoms with van der Waals surface area (Å²) in [7, 11) is 0. The van der Waals surface area contributed by atoms with E-state index in [1.807, 2.05) is 31.2 Å². The van der Waals surface area contributed by atoms with Crippen molar-refractivity contribution in [2.75, 3.05) is 5.43 Å². The van der Waals surface area contributed by atoms with Gasteiger partial charge in [-0.25, -0.2) is 9.07 Å². The van der Waals surface area contributed by atoms with Crippen molar-refractivity contribution in [3.63, 3.8) is 0 Å². The third kappa shape index (κ3) is 3.11. The average Bonchev–Trinajstić information content (AvgIpc) is 2.94. The summed E-state index contributed by atoms with van der Waals surface area (Å²) in [5, 5.41) is 8.06. The Morgan fingerprint density at radius 1 is 1.04 bits per heavy atom. The van der Waals surface area contributed by atoms with Crippen LogP contribution in [0.4, 0.5) is 10.1 Å². The molecular weight excluding hydrogens is 295 g/mol. The zero-order valence-electron chi connectivity index (χ0n) is 12.7. The standard InChI is InChI=1S/C17H15FN4O/c1-11-3-5-13(6-4-11)17-20-19-16(12(2)23)22(17)21-15-9-7-14(18)8-10-15/h3-10,21H,1-2H3. The molecule has 3 rings (SSSR count). The molecular formula is C17H15FN4O. The Morgan fingerprint density at radius 3 is 2.30 bits per heavy atom. The van der Waals surface area contributed by atoms with Crippen LogP contribution in [-0.4, -0.2) is 20.7 Å². The Hall–Kier alpha value is -3.02. The minimum absolute atomic E-state index is 0.185. The Morgan fingerprint density at radius 2 is 1.70 bits per heavy atom. The number of rotatable bonds is 4. The first-order valence-corrected chi connectivity index (χ1v) is 7.10. The van der Waals surface area contributed by atoms with Gasteiger partial charge in [0.1, 0.15) is 5.82 Å². The van der Waals surface area contributed by atoms with Crippen molar-refractivity contribution in [3.05, 3.63) is 65.7 Å². The van der Waals surface area contributed by atoms with E-state index in [2.05, 4.69) is 15.6 Å². The van der Waals surface area contributed by atoms with Crippen LogP contribution in [0.2, 0.25) is 0 Å². The number of hydrogen-bond acceptors (Lipinski definition) is 4. The highest BCUT2D eigenvalue weighted by molar-refractivity contribution is 5.91. The average molecular weight is 310 g/mol. The second-order valence-corrected chi connectivity index (χ2v) is 5.22. The zero-order valence-corrected chi connectivity index (χ0v) is 12.7. The molecule has 0 spiro atoms. The molecule has 1 heterocycles. The van der Waals surface area contributed by atoms with Gasteiger partial charge in [0.05, 0.1) is 5.69 Å². The van der Waals surface area contributed by atoms with Crippen LogP contribution < -0.4 is 5.43 Å². The smallest absolute Gasteiger partial charge is 0.219 e. The molecule has 2 aromatic carbocycles. The van der Waals surface area contributed by atoms with E-state index in [0.717, 1.165) is 11.1 Å². The van der Waals surface area contributed by atoms with Crippen molar-refractivity contribution in [2.45, 2.75) is 13.8 Å². The SMILES string of the molecule is CC(=O)c1nnc(-c2ccc(C)cc2)n1Nc1ccc(F)cc1. The summed E-state index contributed by atoms with van der Waals surface area (Å²) < 4.78 is 14.6. The van der Waals surface area contributed by atoms with Gasteiger partial charge in [-0.05, 0) is 31.2 Å². The Bertz CT molecular complexity index is 838. The van der Waals surface area contributed by atoms with Gasteiger partial charge in [-0.2, -0.15) is 0 Å². The number of carbonyl (C=O) groups is 1. The molecule has 0 bridgehead atoms. The van der Waals surface area contributed by atoms with E-state index in [1.54, 1.807) is 12.1 Å². The third-order valence-corrected chi connectivity index (χ3v) is 3.37. The number of aryl methyl sites for hydroxylation is 1. The van der Waals surface area contributed by atoms with Crippen molar-refractivity contribution in [2.24, 2.45) is 0 Å². The van der Waals surface area contributed by atoms with Gasteiger partial charge in [0.2, 0.25) is 5.82 Å². The van der Waals surface area contributed by atoms with Crippen LogP contribution >= 0.6 is 0 Å². The maximum Gasteiger partial charge on any atom is 0.219 e. The summed E-state index contributed by atoms with van der Waals surface area (Å²) in [6.45, 7) is 3.41. The maximum atomic E-state index is 13.0. The Kier molecular flexibility index (Phi) is 3.89. The van der Waals surface area contributed by atoms with E-state index in [9.17, 15) is 9.18 Å². The largest absolute Gasteiger partial charge is 0.291 e. The number of hydrogen-bond donors (Lipinski definition) is 1. The number of Topliss-reactive ketones (excluding diaryl/α,β-unsaturated/α-hetero) is 1. The molecule has 0 aliphatic heterocycles. The molecule has 23 heavy (non-hydrogen) atoms. The zero-order chi connectivity index (χ0) is 16.4. The number of carbonyl (C=O) groups excluding carboxylic acids is 1. The van der Waals surface area contributed by atoms with Crippen molar-refractivity contribution < 1.29 is 9.18 Å². The molecule has 0 aliphatic carbocycles. The van der Waals surface area contributed by atoms with E-state index in [1.165, 1.54) is 23.7 Å². The summed E-state index contributed by atoms with van der Waals surface area (Å²) in [6.07, 6.45) is 0. The van der Waals surface area contributed by atoms with Gasteiger partial charge in [0.15, 0.2) is 11.6 Å². The van der Waals surface area contributed by atoms with Crippen molar-refractivity contribution in [1.82, 2.24) is 14.9 Å². The fourth-order valence-corrected chi connectivity index (χ4v) is 2.16. The maximum absolute atomic E-state index is 13.0. The molecule has 0 aliphatic rings. The fraction of sp³-hybridized carbons (Fsp3) is 0.118. The van der Waals surface area contributed by atoms with Crippen LogP contribution in [0.1, 0.15) is 23.1 Å². The van der Waals surface area contributed by atoms with E-state index < -0.39 is 0 Å². The first kappa shape index (κ1) is 14.9. The molecule has 1 N–H and O–H groups in total. The number of aromatic nitrogens is 3. The lowest BCUT2D eigenvalue weighted by atomic mass is 10.1. The molecule has 0 amide bonds. The molecule has 0 saturated carbocycles. The van der Waals surface area contributed by atoms with E-state index in [0.29, 0.717) is 11.5 Å². The van der Waals surface area contributed by atoms with Crippen molar-refractivity contribution in [1.29, 1.82) is 0 Å². The molecule has 3 aromatic rings. The van der Waals surface area contributed by atoms with Gasteiger partial charge in [-0.1, -0.05) is 29.8 Å². The summed E-state index contributed by atoms with van der Waals surface area (Å²) in [6, 6.07) is 13.6. The minimum atomic E-state index is -0.329. The predicted molar refractivity (Wildman–Crippen MR) is 85.6 cm³/mol. The van der Waals surface area contributed by atoms with Crippen LogP contribution in [0.25, 0.3) is 11.4 Å². The lowest BCUT2D eigenvalue weighted by Gasteiger charge is -2.12. The van der Waals surface area contributed by atoms with Gasteiger partial charge >= 0.3 is 0 Å². The molecule has 5 nitrogen and oxygen atoms in total. The molecule has 0 unspecified atom stereocenters. The van der Waals surface area contributed by atoms with Crippen LogP contribution in [0.15, 0.2) is 48.5 Å². The van der Waals surface area contributed by atoms with E-state index in [4.69, 9.17) is 0 Å². The first-order chi connectivity index (χ1) is 11.0. The monoisotopic (exact) mass is 310 g/mol. The first-order valence-electron chi connectivity index (χ1n) is 7.10. The van der Waals surface area contributed by atoms with Gasteiger partial charge in [-0.15, -0.1) is 10.2 Å². The topological polar surface area (TPSA) is 59.8 Å². The van der Waals surface area contributed by atoms with Crippen LogP contribution in [0.5, 0.6) is 0 Å². The van der Waals surface area contributed by atoms with Crippen LogP contribution in [-0.2, 0) is 0 Å². The fourth-order valence-electron chi connectivity index (χ4n) is 2.16. The summed E-state index contributed by atoms with van der Waals surface area (Å²) in [5.74, 6) is 0.153. The second-order valence-electron chi connectivity index (χ2n) is 5.22. The molecule has 0 radical (unpaired) electrons. The molecule has 6 heteroatoms. The highest BCUT2D eigenvalue weighted by Gasteiger charge is 2.17. The third-order valence-electron chi connectivity index (χ3n) is 3.37. The lowest BCUT2D eigenvalue weighted by molar-refractivity contribution is 0.100. The Labute approximate surface area is 132 Å². The number of nitrogens with zero attached hydrogens (tertiary/aromatic N) is 3. The second kappa shape index (κ2) is 6.00. The highest BCUT2D eigenvalue weighted by Crippen LogP contribution is 2.20. The number of ketones is 1. The molecule has 116 valence electrons. The summed E-state index contributed by atoms with van der Waals surface area (Å²) in [5.41, 5.74) is 5.62. The van der Waals surface area contributed by atoms with Gasteiger partial charge in [0.25, 0.3) is 0 Å². The van der Waals surface area contributed by atoms with Crippen molar-refractivity contribution in [3.8, 4) is 11.4 Å². The van der Waals surface area contributed by atoms with Gasteiger partial charge in [-0.3, -0.25) is 10.2 Å². The number of halogens is 1. The van der Waals surface area contributed by atoms with E-state index in [-0.39, 0.29) is 17.4 Å². The van der Waals surface area contributed by atoms with Gasteiger partial charge in [0, 0.05) is 12.5 Å². The minimum Gasteiger partial charge on any atom is -0.291 e. The molecule has 0 atom stereocenters. The van der Waals surface area contributed by atoms with E-state index >= 15 is 0 Å². The molecule has 1 aromatic heterocycles. The Balaban J connectivity index is 2.05. The van der Waals surface area contributed by atoms with Gasteiger partial charge < -0.3 is 0 Å². The normalized spacial score (nSPS) is 10.6. The van der Waals surface area contributed by atoms with Crippen molar-refractivity contribution >= 4 is 11.5 Å². The highest BCUT2D eigenvalue weighted by atomic mass is 19.1. The quantitative estimate of drug-likeness (QED) is 0.750. The molecule has 0 fully saturated rings.